The second-order valence-corrected chi connectivity index (χ2v) is 6.43. The summed E-state index contributed by atoms with van der Waals surface area (Å²) < 4.78 is 5.00. The highest BCUT2D eigenvalue weighted by Crippen LogP contribution is 2.26. The smallest absolute Gasteiger partial charge is 0.338 e. The lowest BCUT2D eigenvalue weighted by atomic mass is 10.2. The van der Waals surface area contributed by atoms with Gasteiger partial charge in [-0.15, -0.1) is 0 Å². The Balaban J connectivity index is 1.70. The molecule has 0 aliphatic rings. The van der Waals surface area contributed by atoms with Gasteiger partial charge >= 0.3 is 5.97 Å². The minimum Gasteiger partial charge on any atom is -0.462 e. The molecule has 0 spiro atoms. The summed E-state index contributed by atoms with van der Waals surface area (Å²) in [7, 11) is 0. The summed E-state index contributed by atoms with van der Waals surface area (Å²) in [6, 6.07) is 13.1. The van der Waals surface area contributed by atoms with E-state index in [0.717, 1.165) is 0 Å². The van der Waals surface area contributed by atoms with Gasteiger partial charge in [-0.25, -0.2) is 14.8 Å². The average molecular weight is 427 g/mol. The minimum atomic E-state index is -0.427. The number of benzene rings is 2. The van der Waals surface area contributed by atoms with E-state index in [0.29, 0.717) is 27.7 Å². The van der Waals surface area contributed by atoms with Crippen molar-refractivity contribution in [2.24, 2.45) is 0 Å². The predicted octanol–water partition coefficient (Wildman–Crippen LogP) is 3.39. The standard InChI is InChI=1S/C20H19ClN6O3/c1-2-30-20(29)13-4-3-5-15(10-13)25-17-16(22)18(24-11-23-17)26-27-19(28)12-6-8-14(21)9-7-12/h3-11H,2,22H2,1H3,(H,27,28)(H2,23,24,25,26). The molecule has 0 aliphatic carbocycles. The van der Waals surface area contributed by atoms with Gasteiger partial charge in [0.25, 0.3) is 5.91 Å². The van der Waals surface area contributed by atoms with Crippen LogP contribution in [0.25, 0.3) is 0 Å². The van der Waals surface area contributed by atoms with Crippen molar-refractivity contribution in [1.82, 2.24) is 15.4 Å². The first-order valence-corrected chi connectivity index (χ1v) is 9.32. The number of nitrogens with zero attached hydrogens (tertiary/aromatic N) is 2. The highest BCUT2D eigenvalue weighted by Gasteiger charge is 2.12. The molecule has 5 N–H and O–H groups in total. The van der Waals surface area contributed by atoms with Crippen LogP contribution in [0, 0.1) is 0 Å². The molecule has 2 aromatic carbocycles. The SMILES string of the molecule is CCOC(=O)c1cccc(Nc2ncnc(NNC(=O)c3ccc(Cl)cc3)c2N)c1. The van der Waals surface area contributed by atoms with Crippen LogP contribution in [-0.2, 0) is 4.74 Å². The average Bonchev–Trinajstić information content (AvgIpc) is 2.75. The van der Waals surface area contributed by atoms with Crippen molar-refractivity contribution in [3.8, 4) is 0 Å². The lowest BCUT2D eigenvalue weighted by Gasteiger charge is -2.13. The van der Waals surface area contributed by atoms with Crippen LogP contribution in [0.2, 0.25) is 5.02 Å². The first-order chi connectivity index (χ1) is 14.5. The minimum absolute atomic E-state index is 0.176. The van der Waals surface area contributed by atoms with E-state index in [1.54, 1.807) is 55.5 Å². The fraction of sp³-hybridized carbons (Fsp3) is 0.100. The van der Waals surface area contributed by atoms with Crippen molar-refractivity contribution in [2.75, 3.05) is 23.1 Å². The molecule has 0 saturated carbocycles. The molecule has 1 amide bonds. The molecule has 30 heavy (non-hydrogen) atoms. The Morgan fingerprint density at radius 3 is 2.53 bits per heavy atom. The van der Waals surface area contributed by atoms with E-state index in [1.807, 2.05) is 0 Å². The number of carbonyl (C=O) groups is 2. The molecule has 0 fully saturated rings. The normalized spacial score (nSPS) is 10.2. The number of nitrogens with two attached hydrogens (primary N) is 1. The maximum Gasteiger partial charge on any atom is 0.338 e. The fourth-order valence-corrected chi connectivity index (χ4v) is 2.59. The van der Waals surface area contributed by atoms with Crippen molar-refractivity contribution in [1.29, 1.82) is 0 Å². The monoisotopic (exact) mass is 426 g/mol. The van der Waals surface area contributed by atoms with Gasteiger partial charge in [0.2, 0.25) is 0 Å². The number of ether oxygens (including phenoxy) is 1. The second-order valence-electron chi connectivity index (χ2n) is 6.00. The molecule has 0 radical (unpaired) electrons. The quantitative estimate of drug-likeness (QED) is 0.334. The van der Waals surface area contributed by atoms with E-state index < -0.39 is 5.97 Å². The van der Waals surface area contributed by atoms with Gasteiger partial charge in [0.1, 0.15) is 12.0 Å². The maximum absolute atomic E-state index is 12.2. The van der Waals surface area contributed by atoms with Crippen LogP contribution in [-0.4, -0.2) is 28.5 Å². The van der Waals surface area contributed by atoms with Crippen LogP contribution in [0.15, 0.2) is 54.9 Å². The number of hydrazine groups is 1. The number of halogens is 1. The number of carbonyl (C=O) groups excluding carboxylic acids is 2. The van der Waals surface area contributed by atoms with Crippen molar-refractivity contribution in [2.45, 2.75) is 6.92 Å². The summed E-state index contributed by atoms with van der Waals surface area (Å²) in [6.45, 7) is 2.02. The lowest BCUT2D eigenvalue weighted by Crippen LogP contribution is -2.30. The number of nitrogen functional groups attached to an aromatic ring is 1. The summed E-state index contributed by atoms with van der Waals surface area (Å²) in [5.41, 5.74) is 12.9. The summed E-state index contributed by atoms with van der Waals surface area (Å²) in [6.07, 6.45) is 1.28. The summed E-state index contributed by atoms with van der Waals surface area (Å²) in [5, 5.41) is 3.55. The number of anilines is 4. The van der Waals surface area contributed by atoms with E-state index >= 15 is 0 Å². The number of nitrogens with one attached hydrogen (secondary N) is 3. The third-order valence-corrected chi connectivity index (χ3v) is 4.17. The molecule has 3 aromatic rings. The molecule has 0 saturated heterocycles. The van der Waals surface area contributed by atoms with Gasteiger partial charge in [0.05, 0.1) is 12.2 Å². The molecule has 1 heterocycles. The van der Waals surface area contributed by atoms with Crippen LogP contribution in [0.3, 0.4) is 0 Å². The Labute approximate surface area is 177 Å². The third-order valence-electron chi connectivity index (χ3n) is 3.92. The number of hydrogen-bond acceptors (Lipinski definition) is 8. The zero-order valence-electron chi connectivity index (χ0n) is 16.0. The molecular formula is C20H19ClN6O3. The molecular weight excluding hydrogens is 408 g/mol. The first kappa shape index (κ1) is 20.9. The first-order valence-electron chi connectivity index (χ1n) is 8.94. The number of rotatable bonds is 7. The van der Waals surface area contributed by atoms with Crippen molar-refractivity contribution < 1.29 is 14.3 Å². The maximum atomic E-state index is 12.2. The van der Waals surface area contributed by atoms with Crippen LogP contribution in [0.5, 0.6) is 0 Å². The molecule has 0 atom stereocenters. The van der Waals surface area contributed by atoms with E-state index in [-0.39, 0.29) is 24.0 Å². The molecule has 3 rings (SSSR count). The zero-order chi connectivity index (χ0) is 21.5. The molecule has 0 unspecified atom stereocenters. The van der Waals surface area contributed by atoms with Gasteiger partial charge < -0.3 is 15.8 Å². The van der Waals surface area contributed by atoms with Gasteiger partial charge in [0, 0.05) is 16.3 Å². The Morgan fingerprint density at radius 1 is 1.07 bits per heavy atom. The summed E-state index contributed by atoms with van der Waals surface area (Å²) >= 11 is 5.82. The number of hydrogen-bond donors (Lipinski definition) is 4. The Morgan fingerprint density at radius 2 is 1.80 bits per heavy atom. The molecule has 9 nitrogen and oxygen atoms in total. The van der Waals surface area contributed by atoms with E-state index in [2.05, 4.69) is 26.1 Å². The number of amides is 1. The van der Waals surface area contributed by atoms with E-state index in [4.69, 9.17) is 22.1 Å². The highest BCUT2D eigenvalue weighted by atomic mass is 35.5. The summed E-state index contributed by atoms with van der Waals surface area (Å²) in [4.78, 5) is 32.3. The zero-order valence-corrected chi connectivity index (χ0v) is 16.7. The van der Waals surface area contributed by atoms with Gasteiger partial charge in [-0.2, -0.15) is 0 Å². The lowest BCUT2D eigenvalue weighted by molar-refractivity contribution is 0.0526. The Kier molecular flexibility index (Phi) is 6.66. The molecule has 0 aliphatic heterocycles. The van der Waals surface area contributed by atoms with Gasteiger partial charge in [0.15, 0.2) is 11.6 Å². The second kappa shape index (κ2) is 9.57. The highest BCUT2D eigenvalue weighted by molar-refractivity contribution is 6.30. The Bertz CT molecular complexity index is 1060. The molecule has 154 valence electrons. The van der Waals surface area contributed by atoms with Gasteiger partial charge in [-0.1, -0.05) is 17.7 Å². The van der Waals surface area contributed by atoms with Crippen LogP contribution in [0.4, 0.5) is 23.0 Å². The largest absolute Gasteiger partial charge is 0.462 e. The van der Waals surface area contributed by atoms with E-state index in [1.165, 1.54) is 6.33 Å². The van der Waals surface area contributed by atoms with Gasteiger partial charge in [-0.05, 0) is 49.4 Å². The van der Waals surface area contributed by atoms with Crippen molar-refractivity contribution >= 4 is 46.5 Å². The van der Waals surface area contributed by atoms with Crippen LogP contribution >= 0.6 is 11.6 Å². The topological polar surface area (TPSA) is 131 Å². The molecule has 1 aromatic heterocycles. The van der Waals surface area contributed by atoms with Gasteiger partial charge in [-0.3, -0.25) is 15.6 Å². The van der Waals surface area contributed by atoms with Crippen molar-refractivity contribution in [3.63, 3.8) is 0 Å². The van der Waals surface area contributed by atoms with E-state index in [9.17, 15) is 9.59 Å². The van der Waals surface area contributed by atoms with Crippen LogP contribution < -0.4 is 21.9 Å². The number of esters is 1. The fourth-order valence-electron chi connectivity index (χ4n) is 2.46. The van der Waals surface area contributed by atoms with Crippen LogP contribution in [0.1, 0.15) is 27.6 Å². The predicted molar refractivity (Wildman–Crippen MR) is 115 cm³/mol. The summed E-state index contributed by atoms with van der Waals surface area (Å²) in [5.74, 6) is -0.309. The third kappa shape index (κ3) is 5.15. The Hall–Kier alpha value is -3.85. The molecule has 10 heteroatoms. The van der Waals surface area contributed by atoms with Crippen molar-refractivity contribution in [3.05, 3.63) is 71.0 Å². The molecule has 0 bridgehead atoms. The number of aromatic nitrogens is 2.